The molecule has 5 heteroatoms. The Morgan fingerprint density at radius 1 is 1.22 bits per heavy atom. The maximum Gasteiger partial charge on any atom is 0.267 e. The topological polar surface area (TPSA) is 45.6 Å². The zero-order chi connectivity index (χ0) is 19.6. The quantitative estimate of drug-likeness (QED) is 0.544. The van der Waals surface area contributed by atoms with Crippen LogP contribution in [0.25, 0.3) is 5.57 Å². The van der Waals surface area contributed by atoms with Crippen LogP contribution in [0.15, 0.2) is 59.0 Å². The summed E-state index contributed by atoms with van der Waals surface area (Å²) in [4.78, 5) is 24.4. The number of hydrogen-bond acceptors (Lipinski definition) is 4. The standard InChI is InChI=1S/C22H23N3OS/c1-6-12-25-21(26)20(17(5)18-11-10-14(2)15(3)13-18)27-22(25)24-19-9-7-8-16(4)23-19/h6-11,13H,1,12H2,2-5H3/b20-17-,24-22+. The van der Waals surface area contributed by atoms with Crippen molar-refractivity contribution in [3.8, 4) is 0 Å². The van der Waals surface area contributed by atoms with Gasteiger partial charge in [0.25, 0.3) is 5.91 Å². The van der Waals surface area contributed by atoms with Crippen LogP contribution in [-0.4, -0.2) is 27.5 Å². The molecule has 0 unspecified atom stereocenters. The number of nitrogens with zero attached hydrogens (tertiary/aromatic N) is 3. The molecule has 0 N–H and O–H groups in total. The van der Waals surface area contributed by atoms with Crippen molar-refractivity contribution < 1.29 is 4.79 Å². The van der Waals surface area contributed by atoms with Crippen LogP contribution in [0.3, 0.4) is 0 Å². The van der Waals surface area contributed by atoms with Gasteiger partial charge in [-0.3, -0.25) is 9.69 Å². The predicted octanol–water partition coefficient (Wildman–Crippen LogP) is 5.19. The summed E-state index contributed by atoms with van der Waals surface area (Å²) >= 11 is 1.40. The lowest BCUT2D eigenvalue weighted by molar-refractivity contribution is -0.121. The largest absolute Gasteiger partial charge is 0.282 e. The number of amidine groups is 1. The van der Waals surface area contributed by atoms with E-state index in [2.05, 4.69) is 48.6 Å². The van der Waals surface area contributed by atoms with Crippen molar-refractivity contribution in [1.82, 2.24) is 9.88 Å². The van der Waals surface area contributed by atoms with Gasteiger partial charge >= 0.3 is 0 Å². The molecule has 1 aliphatic rings. The molecule has 0 aliphatic carbocycles. The summed E-state index contributed by atoms with van der Waals surface area (Å²) in [5.41, 5.74) is 5.36. The Balaban J connectivity index is 2.04. The normalized spacial score (nSPS) is 17.6. The summed E-state index contributed by atoms with van der Waals surface area (Å²) < 4.78 is 0. The number of benzene rings is 1. The zero-order valence-electron chi connectivity index (χ0n) is 16.1. The van der Waals surface area contributed by atoms with E-state index >= 15 is 0 Å². The Bertz CT molecular complexity index is 975. The van der Waals surface area contributed by atoms with E-state index in [1.54, 1.807) is 11.0 Å². The Kier molecular flexibility index (Phi) is 5.61. The molecule has 138 valence electrons. The number of allylic oxidation sites excluding steroid dienone is 1. The molecule has 1 aromatic heterocycles. The second-order valence-corrected chi connectivity index (χ2v) is 7.57. The van der Waals surface area contributed by atoms with Crippen LogP contribution in [0.2, 0.25) is 0 Å². The average Bonchev–Trinajstić information content (AvgIpc) is 2.93. The summed E-state index contributed by atoms with van der Waals surface area (Å²) in [5, 5.41) is 0.635. The van der Waals surface area contributed by atoms with Gasteiger partial charge in [0.05, 0.1) is 4.91 Å². The van der Waals surface area contributed by atoms with Gasteiger partial charge in [0, 0.05) is 12.2 Å². The molecule has 0 bridgehead atoms. The Morgan fingerprint density at radius 2 is 2.00 bits per heavy atom. The van der Waals surface area contributed by atoms with E-state index in [9.17, 15) is 4.79 Å². The van der Waals surface area contributed by atoms with Crippen molar-refractivity contribution in [2.45, 2.75) is 27.7 Å². The molecular formula is C22H23N3OS. The number of amides is 1. The summed E-state index contributed by atoms with van der Waals surface area (Å²) in [6.07, 6.45) is 1.71. The van der Waals surface area contributed by atoms with Crippen molar-refractivity contribution >= 4 is 34.2 Å². The van der Waals surface area contributed by atoms with E-state index in [0.717, 1.165) is 16.8 Å². The number of aromatic nitrogens is 1. The van der Waals surface area contributed by atoms with E-state index in [4.69, 9.17) is 0 Å². The molecular weight excluding hydrogens is 354 g/mol. The average molecular weight is 378 g/mol. The summed E-state index contributed by atoms with van der Waals surface area (Å²) in [7, 11) is 0. The minimum atomic E-state index is -0.0398. The van der Waals surface area contributed by atoms with Gasteiger partial charge < -0.3 is 0 Å². The number of hydrogen-bond donors (Lipinski definition) is 0. The summed E-state index contributed by atoms with van der Waals surface area (Å²) in [6.45, 7) is 12.3. The number of aryl methyl sites for hydroxylation is 3. The molecule has 1 saturated heterocycles. The number of thioether (sulfide) groups is 1. The van der Waals surface area contributed by atoms with Gasteiger partial charge in [-0.25, -0.2) is 9.98 Å². The molecule has 0 radical (unpaired) electrons. The lowest BCUT2D eigenvalue weighted by atomic mass is 10.0. The number of aliphatic imine (C=N–C) groups is 1. The molecule has 1 fully saturated rings. The fraction of sp³-hybridized carbons (Fsp3) is 0.227. The van der Waals surface area contributed by atoms with Gasteiger partial charge in [-0.1, -0.05) is 30.3 Å². The molecule has 3 rings (SSSR count). The maximum atomic E-state index is 13.0. The van der Waals surface area contributed by atoms with Gasteiger partial charge in [0.15, 0.2) is 11.0 Å². The van der Waals surface area contributed by atoms with Crippen molar-refractivity contribution in [2.75, 3.05) is 6.54 Å². The minimum absolute atomic E-state index is 0.0398. The van der Waals surface area contributed by atoms with E-state index in [1.165, 1.54) is 22.9 Å². The Labute approximate surface area is 164 Å². The molecule has 1 aliphatic heterocycles. The maximum absolute atomic E-state index is 13.0. The first-order chi connectivity index (χ1) is 12.9. The Morgan fingerprint density at radius 3 is 2.67 bits per heavy atom. The number of carbonyl (C=O) groups is 1. The molecule has 27 heavy (non-hydrogen) atoms. The fourth-order valence-electron chi connectivity index (χ4n) is 2.80. The molecule has 4 nitrogen and oxygen atoms in total. The fourth-order valence-corrected chi connectivity index (χ4v) is 3.86. The number of pyridine rings is 1. The Hall–Kier alpha value is -2.66. The van der Waals surface area contributed by atoms with Crippen molar-refractivity contribution in [2.24, 2.45) is 4.99 Å². The third-order valence-corrected chi connectivity index (χ3v) is 5.72. The van der Waals surface area contributed by atoms with Crippen LogP contribution < -0.4 is 0 Å². The molecule has 1 aromatic carbocycles. The third kappa shape index (κ3) is 4.03. The highest BCUT2D eigenvalue weighted by molar-refractivity contribution is 8.18. The van der Waals surface area contributed by atoms with E-state index in [1.807, 2.05) is 32.0 Å². The SMILES string of the molecule is C=CCN1C(=O)/C(=C(\C)c2ccc(C)c(C)c2)S/C1=N/c1cccc(C)n1. The van der Waals surface area contributed by atoms with Crippen molar-refractivity contribution in [3.63, 3.8) is 0 Å². The minimum Gasteiger partial charge on any atom is -0.282 e. The molecule has 2 heterocycles. The first kappa shape index (κ1) is 19.1. The predicted molar refractivity (Wildman–Crippen MR) is 114 cm³/mol. The smallest absolute Gasteiger partial charge is 0.267 e. The van der Waals surface area contributed by atoms with E-state index < -0.39 is 0 Å². The van der Waals surface area contributed by atoms with E-state index in [-0.39, 0.29) is 5.91 Å². The summed E-state index contributed by atoms with van der Waals surface area (Å²) in [6, 6.07) is 12.0. The molecule has 1 amide bonds. The van der Waals surface area contributed by atoms with Crippen LogP contribution in [0.4, 0.5) is 5.82 Å². The van der Waals surface area contributed by atoms with Gasteiger partial charge in [-0.05, 0) is 73.9 Å². The van der Waals surface area contributed by atoms with Crippen LogP contribution in [0.5, 0.6) is 0 Å². The third-order valence-electron chi connectivity index (χ3n) is 4.54. The van der Waals surface area contributed by atoms with Gasteiger partial charge in [-0.2, -0.15) is 0 Å². The zero-order valence-corrected chi connectivity index (χ0v) is 16.9. The molecule has 0 atom stereocenters. The van der Waals surface area contributed by atoms with Gasteiger partial charge in [-0.15, -0.1) is 6.58 Å². The van der Waals surface area contributed by atoms with Crippen molar-refractivity contribution in [3.05, 3.63) is 76.3 Å². The van der Waals surface area contributed by atoms with Crippen LogP contribution in [0.1, 0.15) is 29.3 Å². The second-order valence-electron chi connectivity index (χ2n) is 6.59. The molecule has 0 spiro atoms. The molecule has 0 saturated carbocycles. The highest BCUT2D eigenvalue weighted by Crippen LogP contribution is 2.37. The number of rotatable bonds is 4. The molecule has 2 aromatic rings. The van der Waals surface area contributed by atoms with E-state index in [0.29, 0.717) is 22.4 Å². The number of carbonyl (C=O) groups excluding carboxylic acids is 1. The second kappa shape index (κ2) is 7.92. The van der Waals surface area contributed by atoms with Crippen molar-refractivity contribution in [1.29, 1.82) is 0 Å². The van der Waals surface area contributed by atoms with Gasteiger partial charge in [0.1, 0.15) is 0 Å². The first-order valence-corrected chi connectivity index (χ1v) is 9.64. The first-order valence-electron chi connectivity index (χ1n) is 8.82. The highest BCUT2D eigenvalue weighted by atomic mass is 32.2. The van der Waals surface area contributed by atoms with Crippen LogP contribution >= 0.6 is 11.8 Å². The van der Waals surface area contributed by atoms with Crippen LogP contribution in [0, 0.1) is 20.8 Å². The monoisotopic (exact) mass is 377 g/mol. The summed E-state index contributed by atoms with van der Waals surface area (Å²) in [5.74, 6) is 0.562. The van der Waals surface area contributed by atoms with Crippen LogP contribution in [-0.2, 0) is 4.79 Å². The van der Waals surface area contributed by atoms with Gasteiger partial charge in [0.2, 0.25) is 0 Å². The highest BCUT2D eigenvalue weighted by Gasteiger charge is 2.34. The lowest BCUT2D eigenvalue weighted by Gasteiger charge is -2.12. The lowest BCUT2D eigenvalue weighted by Crippen LogP contribution is -2.29.